The maximum Gasteiger partial charge on any atom is 0.0813 e. The van der Waals surface area contributed by atoms with Crippen molar-refractivity contribution in [3.05, 3.63) is 0 Å². The first kappa shape index (κ1) is 10.4. The van der Waals surface area contributed by atoms with Crippen LogP contribution in [0.5, 0.6) is 0 Å². The number of rotatable bonds is 6. The zero-order valence-electron chi connectivity index (χ0n) is 8.78. The fourth-order valence-corrected chi connectivity index (χ4v) is 1.95. The molecule has 1 heterocycles. The molecular weight excluding hydrogens is 178 g/mol. The normalized spacial score (nSPS) is 32.4. The van der Waals surface area contributed by atoms with Gasteiger partial charge in [0.05, 0.1) is 18.8 Å². The van der Waals surface area contributed by atoms with Gasteiger partial charge in [0, 0.05) is 13.2 Å². The van der Waals surface area contributed by atoms with Crippen LogP contribution in [-0.4, -0.2) is 32.0 Å². The summed E-state index contributed by atoms with van der Waals surface area (Å²) in [6.45, 7) is 2.33. The molecule has 0 aromatic carbocycles. The van der Waals surface area contributed by atoms with Crippen LogP contribution in [0.15, 0.2) is 0 Å². The molecule has 0 amide bonds. The molecule has 3 heteroatoms. The molecule has 0 radical (unpaired) electrons. The molecule has 3 nitrogen and oxygen atoms in total. The second-order valence-corrected chi connectivity index (χ2v) is 4.50. The fourth-order valence-electron chi connectivity index (χ4n) is 1.95. The van der Waals surface area contributed by atoms with Crippen molar-refractivity contribution in [2.45, 2.75) is 44.3 Å². The van der Waals surface area contributed by atoms with Gasteiger partial charge < -0.3 is 15.2 Å². The van der Waals surface area contributed by atoms with Gasteiger partial charge in [0.15, 0.2) is 0 Å². The molecule has 0 spiro atoms. The predicted molar refractivity (Wildman–Crippen MR) is 55.1 cm³/mol. The van der Waals surface area contributed by atoms with E-state index in [1.165, 1.54) is 19.3 Å². The summed E-state index contributed by atoms with van der Waals surface area (Å²) in [7, 11) is 0. The van der Waals surface area contributed by atoms with Crippen LogP contribution < -0.4 is 5.73 Å². The predicted octanol–water partition coefficient (Wildman–Crippen LogP) is 1.31. The third-order valence-electron chi connectivity index (χ3n) is 3.13. The van der Waals surface area contributed by atoms with E-state index in [9.17, 15) is 0 Å². The summed E-state index contributed by atoms with van der Waals surface area (Å²) < 4.78 is 11.3. The van der Waals surface area contributed by atoms with Gasteiger partial charge in [0.25, 0.3) is 0 Å². The first-order valence-corrected chi connectivity index (χ1v) is 5.81. The minimum absolute atomic E-state index is 0.284. The summed E-state index contributed by atoms with van der Waals surface area (Å²) in [6, 6.07) is 0. The highest BCUT2D eigenvalue weighted by Gasteiger charge is 2.24. The largest absolute Gasteiger partial charge is 0.379 e. The topological polar surface area (TPSA) is 44.5 Å². The molecule has 2 atom stereocenters. The van der Waals surface area contributed by atoms with Gasteiger partial charge >= 0.3 is 0 Å². The lowest BCUT2D eigenvalue weighted by Crippen LogP contribution is -2.22. The smallest absolute Gasteiger partial charge is 0.0813 e. The van der Waals surface area contributed by atoms with E-state index in [4.69, 9.17) is 15.2 Å². The Morgan fingerprint density at radius 2 is 1.93 bits per heavy atom. The molecule has 14 heavy (non-hydrogen) atoms. The van der Waals surface area contributed by atoms with Crippen molar-refractivity contribution < 1.29 is 9.47 Å². The molecule has 2 unspecified atom stereocenters. The van der Waals surface area contributed by atoms with Crippen LogP contribution in [0, 0.1) is 5.92 Å². The van der Waals surface area contributed by atoms with Gasteiger partial charge in [-0.3, -0.25) is 0 Å². The average Bonchev–Trinajstić information content (AvgIpc) is 2.91. The van der Waals surface area contributed by atoms with Crippen molar-refractivity contribution in [3.8, 4) is 0 Å². The molecule has 2 rings (SSSR count). The molecule has 1 saturated heterocycles. The first-order valence-electron chi connectivity index (χ1n) is 5.81. The Morgan fingerprint density at radius 3 is 2.57 bits per heavy atom. The SMILES string of the molecule is NCC1CCC(COCCC2CC2)O1. The van der Waals surface area contributed by atoms with E-state index in [2.05, 4.69) is 0 Å². The van der Waals surface area contributed by atoms with Crippen LogP contribution >= 0.6 is 0 Å². The maximum absolute atomic E-state index is 5.68. The summed E-state index contributed by atoms with van der Waals surface area (Å²) in [5.74, 6) is 0.969. The molecule has 0 aromatic rings. The van der Waals surface area contributed by atoms with Gasteiger partial charge in [-0.05, 0) is 25.2 Å². The highest BCUT2D eigenvalue weighted by molar-refractivity contribution is 4.75. The van der Waals surface area contributed by atoms with Crippen molar-refractivity contribution in [2.75, 3.05) is 19.8 Å². The molecule has 1 aliphatic heterocycles. The lowest BCUT2D eigenvalue weighted by atomic mass is 10.2. The highest BCUT2D eigenvalue weighted by Crippen LogP contribution is 2.32. The van der Waals surface area contributed by atoms with Crippen LogP contribution in [-0.2, 0) is 9.47 Å². The van der Waals surface area contributed by atoms with Crippen molar-refractivity contribution in [3.63, 3.8) is 0 Å². The third kappa shape index (κ3) is 3.23. The standard InChI is InChI=1S/C11H21NO2/c12-7-10-3-4-11(14-10)8-13-6-5-9-1-2-9/h9-11H,1-8,12H2. The van der Waals surface area contributed by atoms with Crippen LogP contribution in [0.4, 0.5) is 0 Å². The van der Waals surface area contributed by atoms with Crippen LogP contribution in [0.3, 0.4) is 0 Å². The minimum Gasteiger partial charge on any atom is -0.379 e. The molecule has 2 N–H and O–H groups in total. The third-order valence-corrected chi connectivity index (χ3v) is 3.13. The lowest BCUT2D eigenvalue weighted by Gasteiger charge is -2.12. The van der Waals surface area contributed by atoms with E-state index in [-0.39, 0.29) is 6.10 Å². The summed E-state index contributed by atoms with van der Waals surface area (Å²) in [6.07, 6.45) is 6.89. The number of hydrogen-bond acceptors (Lipinski definition) is 3. The molecule has 82 valence electrons. The van der Waals surface area contributed by atoms with Crippen molar-refractivity contribution >= 4 is 0 Å². The van der Waals surface area contributed by atoms with Gasteiger partial charge in [0.2, 0.25) is 0 Å². The van der Waals surface area contributed by atoms with Crippen molar-refractivity contribution in [1.29, 1.82) is 0 Å². The molecule has 2 aliphatic rings. The fraction of sp³-hybridized carbons (Fsp3) is 1.00. The molecule has 0 bridgehead atoms. The van der Waals surface area contributed by atoms with E-state index in [1.54, 1.807) is 0 Å². The Morgan fingerprint density at radius 1 is 1.14 bits per heavy atom. The quantitative estimate of drug-likeness (QED) is 0.656. The molecule has 1 aliphatic carbocycles. The highest BCUT2D eigenvalue weighted by atomic mass is 16.5. The monoisotopic (exact) mass is 199 g/mol. The summed E-state index contributed by atoms with van der Waals surface area (Å²) in [4.78, 5) is 0. The van der Waals surface area contributed by atoms with Gasteiger partial charge in [-0.1, -0.05) is 12.8 Å². The van der Waals surface area contributed by atoms with E-state index < -0.39 is 0 Å². The van der Waals surface area contributed by atoms with Crippen LogP contribution in [0.1, 0.15) is 32.1 Å². The zero-order valence-corrected chi connectivity index (χ0v) is 8.78. The van der Waals surface area contributed by atoms with E-state index in [0.29, 0.717) is 12.6 Å². The van der Waals surface area contributed by atoms with Crippen LogP contribution in [0.2, 0.25) is 0 Å². The van der Waals surface area contributed by atoms with E-state index in [0.717, 1.165) is 32.0 Å². The Balaban J connectivity index is 1.48. The lowest BCUT2D eigenvalue weighted by molar-refractivity contribution is -0.0130. The summed E-state index contributed by atoms with van der Waals surface area (Å²) in [5, 5.41) is 0. The van der Waals surface area contributed by atoms with Gasteiger partial charge in [-0.2, -0.15) is 0 Å². The molecule has 0 aromatic heterocycles. The van der Waals surface area contributed by atoms with E-state index >= 15 is 0 Å². The molecule has 1 saturated carbocycles. The second kappa shape index (κ2) is 5.10. The number of hydrogen-bond donors (Lipinski definition) is 1. The Bertz CT molecular complexity index is 171. The average molecular weight is 199 g/mol. The Hall–Kier alpha value is -0.120. The maximum atomic E-state index is 5.68. The summed E-state index contributed by atoms with van der Waals surface area (Å²) in [5.41, 5.74) is 5.53. The summed E-state index contributed by atoms with van der Waals surface area (Å²) >= 11 is 0. The van der Waals surface area contributed by atoms with Crippen LogP contribution in [0.25, 0.3) is 0 Å². The molecular formula is C11H21NO2. The first-order chi connectivity index (χ1) is 6.88. The minimum atomic E-state index is 0.284. The van der Waals surface area contributed by atoms with E-state index in [1.807, 2.05) is 0 Å². The zero-order chi connectivity index (χ0) is 9.80. The van der Waals surface area contributed by atoms with Crippen molar-refractivity contribution in [1.82, 2.24) is 0 Å². The second-order valence-electron chi connectivity index (χ2n) is 4.50. The van der Waals surface area contributed by atoms with Crippen molar-refractivity contribution in [2.24, 2.45) is 11.7 Å². The van der Waals surface area contributed by atoms with Gasteiger partial charge in [0.1, 0.15) is 0 Å². The number of ether oxygens (including phenoxy) is 2. The molecule has 2 fully saturated rings. The van der Waals surface area contributed by atoms with Gasteiger partial charge in [-0.15, -0.1) is 0 Å². The Kier molecular flexibility index (Phi) is 3.79. The van der Waals surface area contributed by atoms with Gasteiger partial charge in [-0.25, -0.2) is 0 Å². The number of nitrogens with two attached hydrogens (primary N) is 1. The Labute approximate surface area is 85.9 Å².